The van der Waals surface area contributed by atoms with Crippen molar-refractivity contribution in [2.24, 2.45) is 0 Å². The molecule has 4 aliphatic rings. The quantitative estimate of drug-likeness (QED) is 0.712. The van der Waals surface area contributed by atoms with Crippen LogP contribution in [0.4, 0.5) is 8.78 Å². The van der Waals surface area contributed by atoms with E-state index in [2.05, 4.69) is 10.3 Å². The Morgan fingerprint density at radius 1 is 1.23 bits per heavy atom. The standard InChI is InChI=1S/C22H22F2N4O3/c23-18-6-11-5-15-19(29)16(21(30)31)10-28(14-3-4-14)20(15)26-17(11)7-22(18,24)27-8-13(9-27)25-12-1-2-12/h5-6,10,12-14,25H,1-4,7-9H2,(H,30,31). The summed E-state index contributed by atoms with van der Waals surface area (Å²) in [6, 6.07) is 2.21. The number of likely N-dealkylation sites (tertiary alicyclic amines) is 1. The Morgan fingerprint density at radius 3 is 2.61 bits per heavy atom. The molecule has 2 saturated carbocycles. The fraction of sp³-hybridized carbons (Fsp3) is 0.500. The molecule has 0 spiro atoms. The van der Waals surface area contributed by atoms with E-state index in [1.807, 2.05) is 0 Å². The van der Waals surface area contributed by atoms with Gasteiger partial charge in [0.2, 0.25) is 11.2 Å². The average Bonchev–Trinajstić information content (AvgIpc) is 3.58. The Labute approximate surface area is 176 Å². The fourth-order valence-corrected chi connectivity index (χ4v) is 4.65. The highest BCUT2D eigenvalue weighted by atomic mass is 19.2. The van der Waals surface area contributed by atoms with Crippen molar-refractivity contribution in [2.75, 3.05) is 13.1 Å². The minimum absolute atomic E-state index is 0.0717. The second-order valence-corrected chi connectivity index (χ2v) is 9.18. The Morgan fingerprint density at radius 2 is 1.97 bits per heavy atom. The molecule has 6 rings (SSSR count). The summed E-state index contributed by atoms with van der Waals surface area (Å²) in [5.74, 6) is -4.46. The van der Waals surface area contributed by atoms with E-state index in [4.69, 9.17) is 0 Å². The Bertz CT molecular complexity index is 1210. The van der Waals surface area contributed by atoms with Gasteiger partial charge < -0.3 is 15.0 Å². The van der Waals surface area contributed by atoms with E-state index < -0.39 is 23.0 Å². The summed E-state index contributed by atoms with van der Waals surface area (Å²) >= 11 is 0. The SMILES string of the molecule is O=C(O)c1cn(C2CC2)c2nc3c(cc2c1=O)C=C(F)C(F)(N1CC(NC2CC2)C1)C3. The maximum absolute atomic E-state index is 15.8. The molecular weight excluding hydrogens is 406 g/mol. The number of nitrogens with zero attached hydrogens (tertiary/aromatic N) is 3. The van der Waals surface area contributed by atoms with Crippen LogP contribution in [0.5, 0.6) is 0 Å². The van der Waals surface area contributed by atoms with Crippen molar-refractivity contribution >= 4 is 23.1 Å². The number of carbonyl (C=O) groups is 1. The summed E-state index contributed by atoms with van der Waals surface area (Å²) < 4.78 is 32.4. The molecule has 2 N–H and O–H groups in total. The first-order valence-corrected chi connectivity index (χ1v) is 10.7. The van der Waals surface area contributed by atoms with E-state index >= 15 is 4.39 Å². The molecule has 0 radical (unpaired) electrons. The molecule has 1 saturated heterocycles. The van der Waals surface area contributed by atoms with Crippen LogP contribution in [0.15, 0.2) is 22.9 Å². The predicted molar refractivity (Wildman–Crippen MR) is 109 cm³/mol. The molecule has 1 unspecified atom stereocenters. The molecule has 3 fully saturated rings. The van der Waals surface area contributed by atoms with Gasteiger partial charge in [0.1, 0.15) is 11.2 Å². The van der Waals surface area contributed by atoms with Gasteiger partial charge in [-0.15, -0.1) is 0 Å². The summed E-state index contributed by atoms with van der Waals surface area (Å²) in [6.07, 6.45) is 6.19. The molecule has 2 aromatic rings. The molecule has 1 atom stereocenters. The van der Waals surface area contributed by atoms with Crippen molar-refractivity contribution in [3.8, 4) is 0 Å². The molecule has 0 aromatic carbocycles. The van der Waals surface area contributed by atoms with Gasteiger partial charge in [-0.1, -0.05) is 0 Å². The highest BCUT2D eigenvalue weighted by Crippen LogP contribution is 2.42. The van der Waals surface area contributed by atoms with Gasteiger partial charge in [0.15, 0.2) is 5.83 Å². The van der Waals surface area contributed by atoms with Crippen LogP contribution in [0.1, 0.15) is 53.3 Å². The molecule has 3 aliphatic carbocycles. The molecule has 2 aromatic heterocycles. The molecule has 31 heavy (non-hydrogen) atoms. The van der Waals surface area contributed by atoms with Crippen molar-refractivity contribution in [1.82, 2.24) is 19.8 Å². The third-order valence-electron chi connectivity index (χ3n) is 6.77. The Hall–Kier alpha value is -2.65. The lowest BCUT2D eigenvalue weighted by molar-refractivity contribution is -0.0749. The van der Waals surface area contributed by atoms with Crippen LogP contribution in [0, 0.1) is 0 Å². The highest BCUT2D eigenvalue weighted by Gasteiger charge is 2.50. The number of hydrogen-bond acceptors (Lipinski definition) is 5. The number of aromatic carboxylic acids is 1. The first-order valence-electron chi connectivity index (χ1n) is 10.7. The van der Waals surface area contributed by atoms with Gasteiger partial charge in [-0.2, -0.15) is 0 Å². The summed E-state index contributed by atoms with van der Waals surface area (Å²) in [7, 11) is 0. The fourth-order valence-electron chi connectivity index (χ4n) is 4.65. The van der Waals surface area contributed by atoms with Gasteiger partial charge in [-0.25, -0.2) is 18.6 Å². The topological polar surface area (TPSA) is 87.5 Å². The highest BCUT2D eigenvalue weighted by molar-refractivity contribution is 5.92. The molecule has 3 heterocycles. The maximum atomic E-state index is 15.8. The normalized spacial score (nSPS) is 26.5. The first-order chi connectivity index (χ1) is 14.8. The van der Waals surface area contributed by atoms with Gasteiger partial charge in [-0.3, -0.25) is 9.69 Å². The third kappa shape index (κ3) is 3.02. The number of fused-ring (bicyclic) bond motifs is 2. The molecule has 1 aliphatic heterocycles. The summed E-state index contributed by atoms with van der Waals surface area (Å²) in [5, 5.41) is 13.0. The van der Waals surface area contributed by atoms with Crippen LogP contribution in [0.3, 0.4) is 0 Å². The van der Waals surface area contributed by atoms with Crippen molar-refractivity contribution in [2.45, 2.75) is 56.0 Å². The van der Waals surface area contributed by atoms with Crippen LogP contribution < -0.4 is 10.7 Å². The summed E-state index contributed by atoms with van der Waals surface area (Å²) in [6.45, 7) is 0.873. The van der Waals surface area contributed by atoms with Gasteiger partial charge in [0.25, 0.3) is 0 Å². The van der Waals surface area contributed by atoms with E-state index in [1.165, 1.54) is 17.2 Å². The van der Waals surface area contributed by atoms with Gasteiger partial charge >= 0.3 is 5.97 Å². The number of nitrogens with one attached hydrogen (secondary N) is 1. The third-order valence-corrected chi connectivity index (χ3v) is 6.77. The molecule has 162 valence electrons. The van der Waals surface area contributed by atoms with Crippen LogP contribution in [-0.4, -0.2) is 56.5 Å². The van der Waals surface area contributed by atoms with E-state index in [0.717, 1.165) is 31.8 Å². The lowest BCUT2D eigenvalue weighted by Gasteiger charge is -2.48. The van der Waals surface area contributed by atoms with Crippen molar-refractivity contribution < 1.29 is 18.7 Å². The summed E-state index contributed by atoms with van der Waals surface area (Å²) in [4.78, 5) is 30.3. The second-order valence-electron chi connectivity index (χ2n) is 9.18. The monoisotopic (exact) mass is 428 g/mol. The number of carboxylic acid groups (broad SMARTS) is 1. The molecule has 7 nitrogen and oxygen atoms in total. The number of carboxylic acids is 1. The van der Waals surface area contributed by atoms with Crippen LogP contribution in [0.2, 0.25) is 0 Å². The number of rotatable bonds is 5. The molecule has 9 heteroatoms. The smallest absolute Gasteiger partial charge is 0.341 e. The van der Waals surface area contributed by atoms with E-state index in [0.29, 0.717) is 36.0 Å². The zero-order valence-electron chi connectivity index (χ0n) is 16.8. The molecule has 0 amide bonds. The van der Waals surface area contributed by atoms with Gasteiger partial charge in [0, 0.05) is 43.8 Å². The van der Waals surface area contributed by atoms with Crippen LogP contribution in [0.25, 0.3) is 17.1 Å². The van der Waals surface area contributed by atoms with Crippen molar-refractivity contribution in [3.63, 3.8) is 0 Å². The zero-order chi connectivity index (χ0) is 21.5. The number of aromatic nitrogens is 2. The number of halogens is 2. The first kappa shape index (κ1) is 19.1. The molecule has 0 bridgehead atoms. The van der Waals surface area contributed by atoms with E-state index in [1.54, 1.807) is 4.57 Å². The van der Waals surface area contributed by atoms with Crippen LogP contribution in [-0.2, 0) is 6.42 Å². The Kier molecular flexibility index (Phi) is 3.95. The lowest BCUT2D eigenvalue weighted by Crippen LogP contribution is -2.66. The minimum atomic E-state index is -2.25. The lowest BCUT2D eigenvalue weighted by atomic mass is 9.90. The average molecular weight is 428 g/mol. The maximum Gasteiger partial charge on any atom is 0.341 e. The van der Waals surface area contributed by atoms with Crippen molar-refractivity contribution in [1.29, 1.82) is 0 Å². The van der Waals surface area contributed by atoms with Gasteiger partial charge in [-0.05, 0) is 43.4 Å². The predicted octanol–water partition coefficient (Wildman–Crippen LogP) is 2.40. The van der Waals surface area contributed by atoms with E-state index in [-0.39, 0.29) is 29.5 Å². The zero-order valence-corrected chi connectivity index (χ0v) is 16.8. The van der Waals surface area contributed by atoms with Crippen LogP contribution >= 0.6 is 0 Å². The van der Waals surface area contributed by atoms with Crippen molar-refractivity contribution in [3.05, 3.63) is 45.1 Å². The molecular formula is C22H22F2N4O3. The van der Waals surface area contributed by atoms with Gasteiger partial charge in [0.05, 0.1) is 11.1 Å². The second kappa shape index (κ2) is 6.43. The largest absolute Gasteiger partial charge is 0.477 e. The number of alkyl halides is 1. The minimum Gasteiger partial charge on any atom is -0.477 e. The summed E-state index contributed by atoms with van der Waals surface area (Å²) in [5.41, 5.74) is 0.0554. The number of hydrogen-bond donors (Lipinski definition) is 2. The number of pyridine rings is 2. The van der Waals surface area contributed by atoms with E-state index in [9.17, 15) is 19.1 Å². The Balaban J connectivity index is 1.40.